The van der Waals surface area contributed by atoms with E-state index in [0.29, 0.717) is 24.0 Å². The van der Waals surface area contributed by atoms with Crippen molar-refractivity contribution in [2.75, 3.05) is 19.6 Å². The van der Waals surface area contributed by atoms with Crippen molar-refractivity contribution in [3.8, 4) is 0 Å². The van der Waals surface area contributed by atoms with E-state index in [-0.39, 0.29) is 0 Å². The van der Waals surface area contributed by atoms with E-state index in [1.54, 1.807) is 0 Å². The van der Waals surface area contributed by atoms with Crippen LogP contribution in [0.1, 0.15) is 48.0 Å². The van der Waals surface area contributed by atoms with Gasteiger partial charge in [0.05, 0.1) is 0 Å². The number of aliphatic imine (C=N–C) groups is 1. The van der Waals surface area contributed by atoms with E-state index < -0.39 is 0 Å². The summed E-state index contributed by atoms with van der Waals surface area (Å²) in [6, 6.07) is 1.12. The van der Waals surface area contributed by atoms with Gasteiger partial charge in [-0.2, -0.15) is 0 Å². The van der Waals surface area contributed by atoms with Gasteiger partial charge in [-0.3, -0.25) is 9.89 Å². The minimum Gasteiger partial charge on any atom is -0.370 e. The molecule has 4 nitrogen and oxygen atoms in total. The van der Waals surface area contributed by atoms with Crippen LogP contribution in [0.2, 0.25) is 0 Å². The van der Waals surface area contributed by atoms with Crippen molar-refractivity contribution in [1.29, 1.82) is 0 Å². The number of nitrogens with one attached hydrogen (secondary N) is 1. The number of rotatable bonds is 8. The van der Waals surface area contributed by atoms with E-state index in [1.807, 2.05) is 0 Å². The molecular weight excluding hydrogens is 224 g/mol. The van der Waals surface area contributed by atoms with Crippen LogP contribution in [0.15, 0.2) is 4.99 Å². The molecule has 0 saturated carbocycles. The number of hydrogen-bond acceptors (Lipinski definition) is 2. The molecule has 0 bridgehead atoms. The second-order valence-corrected chi connectivity index (χ2v) is 5.80. The summed E-state index contributed by atoms with van der Waals surface area (Å²) in [6.45, 7) is 15.9. The van der Waals surface area contributed by atoms with Gasteiger partial charge >= 0.3 is 0 Å². The molecule has 0 aromatic heterocycles. The molecule has 0 rings (SSSR count). The molecule has 0 saturated heterocycles. The molecule has 0 aliphatic carbocycles. The molecule has 0 amide bonds. The highest BCUT2D eigenvalue weighted by atomic mass is 15.2. The summed E-state index contributed by atoms with van der Waals surface area (Å²) in [7, 11) is 0. The lowest BCUT2D eigenvalue weighted by atomic mass is 10.1. The Balaban J connectivity index is 3.87. The normalized spacial score (nSPS) is 13.1. The number of guanidine groups is 1. The minimum atomic E-state index is 0.561. The molecule has 0 fully saturated rings. The molecule has 0 aromatic rings. The summed E-state index contributed by atoms with van der Waals surface area (Å²) in [5.41, 5.74) is 5.82. The molecule has 0 aliphatic heterocycles. The second kappa shape index (κ2) is 9.20. The third-order valence-electron chi connectivity index (χ3n) is 2.99. The minimum absolute atomic E-state index is 0.561. The zero-order chi connectivity index (χ0) is 14.1. The predicted octanol–water partition coefficient (Wildman–Crippen LogP) is 2.06. The van der Waals surface area contributed by atoms with Gasteiger partial charge in [0.2, 0.25) is 0 Å². The van der Waals surface area contributed by atoms with E-state index in [0.717, 1.165) is 26.1 Å². The summed E-state index contributed by atoms with van der Waals surface area (Å²) in [4.78, 5) is 6.75. The second-order valence-electron chi connectivity index (χ2n) is 5.80. The quantitative estimate of drug-likeness (QED) is 0.516. The molecule has 4 heteroatoms. The van der Waals surface area contributed by atoms with Crippen LogP contribution in [0.25, 0.3) is 0 Å². The van der Waals surface area contributed by atoms with Crippen LogP contribution in [0.5, 0.6) is 0 Å². The van der Waals surface area contributed by atoms with Gasteiger partial charge in [0.15, 0.2) is 5.96 Å². The molecule has 0 heterocycles. The first-order valence-corrected chi connectivity index (χ1v) is 7.14. The summed E-state index contributed by atoms with van der Waals surface area (Å²) in [5, 5.41) is 3.18. The van der Waals surface area contributed by atoms with Crippen LogP contribution in [0.3, 0.4) is 0 Å². The molecule has 3 N–H and O–H groups in total. The lowest BCUT2D eigenvalue weighted by Gasteiger charge is -2.30. The first kappa shape index (κ1) is 17.2. The van der Waals surface area contributed by atoms with E-state index in [2.05, 4.69) is 56.8 Å². The summed E-state index contributed by atoms with van der Waals surface area (Å²) in [5.74, 6) is 1.25. The first-order chi connectivity index (χ1) is 8.34. The van der Waals surface area contributed by atoms with Gasteiger partial charge in [-0.25, -0.2) is 0 Å². The Morgan fingerprint density at radius 2 is 1.67 bits per heavy atom. The zero-order valence-electron chi connectivity index (χ0n) is 13.0. The lowest BCUT2D eigenvalue weighted by molar-refractivity contribution is 0.178. The van der Waals surface area contributed by atoms with Crippen LogP contribution in [-0.4, -0.2) is 42.6 Å². The van der Waals surface area contributed by atoms with Gasteiger partial charge in [0.1, 0.15) is 0 Å². The fraction of sp³-hybridized carbons (Fsp3) is 0.929. The fourth-order valence-electron chi connectivity index (χ4n) is 1.92. The van der Waals surface area contributed by atoms with Gasteiger partial charge in [-0.15, -0.1) is 0 Å². The average molecular weight is 256 g/mol. The number of nitrogens with two attached hydrogens (primary N) is 1. The van der Waals surface area contributed by atoms with Crippen molar-refractivity contribution in [1.82, 2.24) is 10.2 Å². The molecule has 0 spiro atoms. The van der Waals surface area contributed by atoms with Crippen LogP contribution < -0.4 is 11.1 Å². The molecule has 0 atom stereocenters. The van der Waals surface area contributed by atoms with E-state index in [9.17, 15) is 0 Å². The van der Waals surface area contributed by atoms with E-state index in [1.165, 1.54) is 0 Å². The predicted molar refractivity (Wildman–Crippen MR) is 80.9 cm³/mol. The van der Waals surface area contributed by atoms with Gasteiger partial charge in [-0.05, 0) is 40.0 Å². The summed E-state index contributed by atoms with van der Waals surface area (Å²) >= 11 is 0. The Morgan fingerprint density at radius 3 is 2.11 bits per heavy atom. The maximum atomic E-state index is 5.82. The Bertz CT molecular complexity index is 226. The van der Waals surface area contributed by atoms with Crippen LogP contribution in [0, 0.1) is 5.92 Å². The van der Waals surface area contributed by atoms with Crippen LogP contribution in [-0.2, 0) is 0 Å². The largest absolute Gasteiger partial charge is 0.370 e. The van der Waals surface area contributed by atoms with Gasteiger partial charge in [0, 0.05) is 31.7 Å². The fourth-order valence-corrected chi connectivity index (χ4v) is 1.92. The topological polar surface area (TPSA) is 53.6 Å². The van der Waals surface area contributed by atoms with Crippen molar-refractivity contribution < 1.29 is 0 Å². The zero-order valence-corrected chi connectivity index (χ0v) is 13.0. The monoisotopic (exact) mass is 256 g/mol. The van der Waals surface area contributed by atoms with Crippen LogP contribution in [0.4, 0.5) is 0 Å². The van der Waals surface area contributed by atoms with E-state index >= 15 is 0 Å². The molecule has 0 unspecified atom stereocenters. The van der Waals surface area contributed by atoms with Gasteiger partial charge in [0.25, 0.3) is 0 Å². The van der Waals surface area contributed by atoms with Crippen molar-refractivity contribution in [3.63, 3.8) is 0 Å². The maximum Gasteiger partial charge on any atom is 0.188 e. The van der Waals surface area contributed by atoms with Gasteiger partial charge < -0.3 is 11.1 Å². The Kier molecular flexibility index (Phi) is 8.81. The lowest BCUT2D eigenvalue weighted by Crippen LogP contribution is -2.44. The highest BCUT2D eigenvalue weighted by Crippen LogP contribution is 2.03. The molecule has 0 aromatic carbocycles. The third kappa shape index (κ3) is 8.34. The third-order valence-corrected chi connectivity index (χ3v) is 2.99. The highest BCUT2D eigenvalue weighted by molar-refractivity contribution is 5.77. The standard InChI is InChI=1S/C14H32N4/c1-11(2)7-8-16-14(15)17-9-10-18(12(3)4)13(5)6/h11-13H,7-10H2,1-6H3,(H3,15,16,17). The summed E-state index contributed by atoms with van der Waals surface area (Å²) < 4.78 is 0. The average Bonchev–Trinajstić information content (AvgIpc) is 2.22. The number of hydrogen-bond donors (Lipinski definition) is 2. The molecule has 18 heavy (non-hydrogen) atoms. The molecule has 108 valence electrons. The van der Waals surface area contributed by atoms with E-state index in [4.69, 9.17) is 5.73 Å². The van der Waals surface area contributed by atoms with Crippen molar-refractivity contribution in [3.05, 3.63) is 0 Å². The Labute approximate surface area is 113 Å². The van der Waals surface area contributed by atoms with Gasteiger partial charge in [-0.1, -0.05) is 13.8 Å². The number of nitrogens with zero attached hydrogens (tertiary/aromatic N) is 2. The van der Waals surface area contributed by atoms with Crippen molar-refractivity contribution in [2.24, 2.45) is 16.6 Å². The Morgan fingerprint density at radius 1 is 1.11 bits per heavy atom. The maximum absolute atomic E-state index is 5.82. The smallest absolute Gasteiger partial charge is 0.188 e. The summed E-state index contributed by atoms with van der Waals surface area (Å²) in [6.07, 6.45) is 1.09. The SMILES string of the molecule is CC(C)CCN=C(N)NCCN(C(C)C)C(C)C. The van der Waals surface area contributed by atoms with Crippen LogP contribution >= 0.6 is 0 Å². The molecular formula is C14H32N4. The van der Waals surface area contributed by atoms with Crippen molar-refractivity contribution in [2.45, 2.75) is 60.0 Å². The molecule has 0 radical (unpaired) electrons. The molecule has 0 aliphatic rings. The first-order valence-electron chi connectivity index (χ1n) is 7.14. The Hall–Kier alpha value is -0.770. The van der Waals surface area contributed by atoms with Crippen molar-refractivity contribution >= 4 is 5.96 Å². The highest BCUT2D eigenvalue weighted by Gasteiger charge is 2.12.